The quantitative estimate of drug-likeness (QED) is 0.550. The number of hydrogen-bond donors (Lipinski definition) is 1. The van der Waals surface area contributed by atoms with Gasteiger partial charge in [-0.3, -0.25) is 9.88 Å². The van der Waals surface area contributed by atoms with Crippen molar-refractivity contribution in [2.75, 3.05) is 11.9 Å². The van der Waals surface area contributed by atoms with Gasteiger partial charge in [0.05, 0.1) is 6.67 Å². The summed E-state index contributed by atoms with van der Waals surface area (Å²) >= 11 is 13.2. The molecule has 4 rings (SSSR count). The van der Waals surface area contributed by atoms with E-state index in [2.05, 4.69) is 26.4 Å². The number of likely N-dealkylation sites (tertiary alicyclic amines) is 1. The molecular weight excluding hydrogens is 398 g/mol. The van der Waals surface area contributed by atoms with E-state index in [1.165, 1.54) is 23.3 Å². The molecule has 0 amide bonds. The van der Waals surface area contributed by atoms with Crippen LogP contribution in [0.1, 0.15) is 30.0 Å². The Morgan fingerprint density at radius 1 is 1.37 bits per heavy atom. The second-order valence-electron chi connectivity index (χ2n) is 6.66. The van der Waals surface area contributed by atoms with Crippen molar-refractivity contribution in [3.05, 3.63) is 62.8 Å². The van der Waals surface area contributed by atoms with Gasteiger partial charge in [-0.05, 0) is 61.3 Å². The van der Waals surface area contributed by atoms with Gasteiger partial charge in [0.1, 0.15) is 0 Å². The van der Waals surface area contributed by atoms with Crippen LogP contribution in [0.15, 0.2) is 42.7 Å². The third-order valence-electron chi connectivity index (χ3n) is 4.78. The summed E-state index contributed by atoms with van der Waals surface area (Å²) in [5, 5.41) is 9.49. The molecular formula is C19H20ClN5S2. The van der Waals surface area contributed by atoms with Gasteiger partial charge >= 0.3 is 0 Å². The summed E-state index contributed by atoms with van der Waals surface area (Å²) in [6.07, 6.45) is 6.08. The number of nitrogens with one attached hydrogen (secondary N) is 1. The molecule has 3 aromatic rings. The molecule has 1 atom stereocenters. The minimum absolute atomic E-state index is 0.370. The molecule has 5 nitrogen and oxygen atoms in total. The zero-order valence-corrected chi connectivity index (χ0v) is 17.3. The molecule has 1 N–H and O–H groups in total. The van der Waals surface area contributed by atoms with Crippen molar-refractivity contribution in [1.29, 1.82) is 0 Å². The summed E-state index contributed by atoms with van der Waals surface area (Å²) in [7, 11) is 0. The molecule has 0 spiro atoms. The van der Waals surface area contributed by atoms with Gasteiger partial charge in [0.2, 0.25) is 5.13 Å². The third-order valence-corrected chi connectivity index (χ3v) is 6.41. The Hall–Kier alpha value is -1.80. The van der Waals surface area contributed by atoms with E-state index in [9.17, 15) is 0 Å². The highest BCUT2D eigenvalue weighted by Gasteiger charge is 2.26. The lowest BCUT2D eigenvalue weighted by molar-refractivity contribution is 0.191. The van der Waals surface area contributed by atoms with Gasteiger partial charge in [-0.2, -0.15) is 0 Å². The van der Waals surface area contributed by atoms with Crippen molar-refractivity contribution in [1.82, 2.24) is 19.7 Å². The van der Waals surface area contributed by atoms with Gasteiger partial charge in [0.25, 0.3) is 0 Å². The van der Waals surface area contributed by atoms with Crippen molar-refractivity contribution in [3.8, 4) is 0 Å². The predicted molar refractivity (Wildman–Crippen MR) is 113 cm³/mol. The first-order chi connectivity index (χ1) is 13.1. The van der Waals surface area contributed by atoms with Gasteiger partial charge < -0.3 is 5.32 Å². The maximum absolute atomic E-state index is 6.21. The topological polar surface area (TPSA) is 46.0 Å². The standard InChI is InChI=1S/C19H20ClN5S2/c1-13-6-7-15(10-16(13)20)22-18-23-25(19(26)27-18)12-24-9-3-5-17(24)14-4-2-8-21-11-14/h2,4,6-8,10-11,17H,3,5,9,12H2,1H3,(H,22,23). The predicted octanol–water partition coefficient (Wildman–Crippen LogP) is 5.57. The number of hydrogen-bond acceptors (Lipinski definition) is 6. The highest BCUT2D eigenvalue weighted by Crippen LogP contribution is 2.32. The molecule has 3 heterocycles. The SMILES string of the molecule is Cc1ccc(Nc2nn(CN3CCCC3c3cccnc3)c(=S)s2)cc1Cl. The lowest BCUT2D eigenvalue weighted by Crippen LogP contribution is -2.26. The zero-order chi connectivity index (χ0) is 18.8. The van der Waals surface area contributed by atoms with Crippen LogP contribution >= 0.6 is 35.2 Å². The number of halogens is 1. The van der Waals surface area contributed by atoms with Crippen LogP contribution in [0.25, 0.3) is 0 Å². The Morgan fingerprint density at radius 3 is 3.04 bits per heavy atom. The van der Waals surface area contributed by atoms with Crippen LogP contribution in [-0.2, 0) is 6.67 Å². The first-order valence-electron chi connectivity index (χ1n) is 8.85. The number of benzene rings is 1. The molecule has 0 radical (unpaired) electrons. The largest absolute Gasteiger partial charge is 0.330 e. The number of rotatable bonds is 5. The summed E-state index contributed by atoms with van der Waals surface area (Å²) in [5.74, 6) is 0. The minimum atomic E-state index is 0.370. The van der Waals surface area contributed by atoms with E-state index < -0.39 is 0 Å². The van der Waals surface area contributed by atoms with Crippen molar-refractivity contribution >= 4 is 46.0 Å². The average Bonchev–Trinajstić information content (AvgIpc) is 3.26. The van der Waals surface area contributed by atoms with Crippen molar-refractivity contribution < 1.29 is 0 Å². The van der Waals surface area contributed by atoms with Gasteiger partial charge in [0, 0.05) is 35.7 Å². The van der Waals surface area contributed by atoms with Crippen LogP contribution in [0.5, 0.6) is 0 Å². The molecule has 1 aromatic carbocycles. The van der Waals surface area contributed by atoms with Gasteiger partial charge in [0.15, 0.2) is 3.95 Å². The molecule has 0 aliphatic carbocycles. The second kappa shape index (κ2) is 8.06. The summed E-state index contributed by atoms with van der Waals surface area (Å²) in [4.78, 5) is 6.68. The Kier molecular flexibility index (Phi) is 5.54. The maximum Gasteiger partial charge on any atom is 0.209 e. The second-order valence-corrected chi connectivity index (χ2v) is 8.69. The normalized spacial score (nSPS) is 17.3. The fourth-order valence-electron chi connectivity index (χ4n) is 3.36. The van der Waals surface area contributed by atoms with E-state index in [-0.39, 0.29) is 0 Å². The molecule has 140 valence electrons. The molecule has 0 bridgehead atoms. The van der Waals surface area contributed by atoms with Crippen LogP contribution in [0.2, 0.25) is 5.02 Å². The fourth-order valence-corrected chi connectivity index (χ4v) is 4.55. The summed E-state index contributed by atoms with van der Waals surface area (Å²) < 4.78 is 2.65. The van der Waals surface area contributed by atoms with Crippen molar-refractivity contribution in [2.45, 2.75) is 32.5 Å². The average molecular weight is 418 g/mol. The van der Waals surface area contributed by atoms with E-state index in [0.717, 1.165) is 38.3 Å². The van der Waals surface area contributed by atoms with Gasteiger partial charge in [-0.25, -0.2) is 4.68 Å². The monoisotopic (exact) mass is 417 g/mol. The lowest BCUT2D eigenvalue weighted by Gasteiger charge is -2.24. The fraction of sp³-hybridized carbons (Fsp3) is 0.316. The first-order valence-corrected chi connectivity index (χ1v) is 10.5. The number of nitrogens with zero attached hydrogens (tertiary/aromatic N) is 4. The highest BCUT2D eigenvalue weighted by atomic mass is 35.5. The minimum Gasteiger partial charge on any atom is -0.330 e. The summed E-state index contributed by atoms with van der Waals surface area (Å²) in [6.45, 7) is 3.71. The van der Waals surface area contributed by atoms with E-state index in [0.29, 0.717) is 12.7 Å². The Morgan fingerprint density at radius 2 is 2.26 bits per heavy atom. The molecule has 1 fully saturated rings. The zero-order valence-electron chi connectivity index (χ0n) is 14.9. The molecule has 8 heteroatoms. The van der Waals surface area contributed by atoms with E-state index in [1.54, 1.807) is 0 Å². The van der Waals surface area contributed by atoms with E-state index in [1.807, 2.05) is 48.3 Å². The number of pyridine rings is 1. The summed E-state index contributed by atoms with van der Waals surface area (Å²) in [5.41, 5.74) is 3.22. The molecule has 1 aliphatic rings. The van der Waals surface area contributed by atoms with Crippen LogP contribution < -0.4 is 5.32 Å². The molecule has 1 aliphatic heterocycles. The van der Waals surface area contributed by atoms with Gasteiger partial charge in [-0.15, -0.1) is 5.10 Å². The maximum atomic E-state index is 6.21. The Labute approximate surface area is 172 Å². The Bertz CT molecular complexity index is 985. The summed E-state index contributed by atoms with van der Waals surface area (Å²) in [6, 6.07) is 10.4. The smallest absolute Gasteiger partial charge is 0.209 e. The first kappa shape index (κ1) is 18.6. The number of anilines is 2. The molecule has 2 aromatic heterocycles. The third kappa shape index (κ3) is 4.21. The van der Waals surface area contributed by atoms with Crippen molar-refractivity contribution in [2.24, 2.45) is 0 Å². The van der Waals surface area contributed by atoms with Crippen LogP contribution in [0, 0.1) is 10.9 Å². The van der Waals surface area contributed by atoms with E-state index in [4.69, 9.17) is 23.8 Å². The molecule has 1 unspecified atom stereocenters. The molecule has 1 saturated heterocycles. The van der Waals surface area contributed by atoms with Crippen molar-refractivity contribution in [3.63, 3.8) is 0 Å². The lowest BCUT2D eigenvalue weighted by atomic mass is 10.1. The van der Waals surface area contributed by atoms with Crippen LogP contribution in [-0.4, -0.2) is 26.2 Å². The van der Waals surface area contributed by atoms with Crippen LogP contribution in [0.3, 0.4) is 0 Å². The number of aryl methyl sites for hydroxylation is 1. The number of aromatic nitrogens is 3. The van der Waals surface area contributed by atoms with Gasteiger partial charge in [-0.1, -0.05) is 35.1 Å². The van der Waals surface area contributed by atoms with Crippen LogP contribution in [0.4, 0.5) is 10.8 Å². The Balaban J connectivity index is 1.50. The molecule has 0 saturated carbocycles. The highest BCUT2D eigenvalue weighted by molar-refractivity contribution is 7.73. The molecule has 27 heavy (non-hydrogen) atoms. The van der Waals surface area contributed by atoms with E-state index >= 15 is 0 Å².